The Bertz CT molecular complexity index is 1010. The van der Waals surface area contributed by atoms with Crippen molar-refractivity contribution in [1.82, 2.24) is 0 Å². The Morgan fingerprint density at radius 3 is 1.45 bits per heavy atom. The Hall–Kier alpha value is -3.49. The second-order valence-electron chi connectivity index (χ2n) is 8.67. The maximum atomic E-state index is 9.67. The van der Waals surface area contributed by atoms with E-state index in [9.17, 15) is 12.9 Å². The molecule has 0 amide bonds. The quantitative estimate of drug-likeness (QED) is 0.181. The molecule has 0 unspecified atom stereocenters. The number of hydrogen-bond acceptors (Lipinski definition) is 4. The number of halogens is 4. The van der Waals surface area contributed by atoms with Crippen LogP contribution in [0.5, 0.6) is 0 Å². The number of rotatable bonds is 4. The summed E-state index contributed by atoms with van der Waals surface area (Å²) in [6.45, 7) is 7.36. The van der Waals surface area contributed by atoms with Crippen LogP contribution in [0.4, 0.5) is 35.7 Å². The normalized spacial score (nSPS) is 13.7. The number of nitrogens with zero attached hydrogens (tertiary/aromatic N) is 4. The van der Waals surface area contributed by atoms with Crippen LogP contribution >= 0.6 is 0 Å². The minimum atomic E-state index is -3.67. The molecule has 1 radical (unpaired) electrons. The maximum Gasteiger partial charge on any atom is 0.762 e. The molecular weight excluding hydrogens is 695 g/mol. The van der Waals surface area contributed by atoms with Gasteiger partial charge < -0.3 is 24.3 Å². The summed E-state index contributed by atoms with van der Waals surface area (Å²) in [4.78, 5) is 9.31. The largest absolute Gasteiger partial charge is 1.00 e. The van der Waals surface area contributed by atoms with Gasteiger partial charge in [0.15, 0.2) is 0 Å². The number of benzene rings is 4. The number of para-hydroxylation sites is 4. The molecule has 2 fully saturated rings. The summed E-state index contributed by atoms with van der Waals surface area (Å²) in [5.74, 6) is 0. The van der Waals surface area contributed by atoms with Crippen LogP contribution in [-0.2, 0) is 20.1 Å². The second-order valence-corrected chi connectivity index (χ2v) is 8.67. The first kappa shape index (κ1) is 32.7. The molecule has 0 atom stereocenters. The molecule has 0 spiro atoms. The van der Waals surface area contributed by atoms with Crippen molar-refractivity contribution in [2.24, 2.45) is 0 Å². The van der Waals surface area contributed by atoms with Crippen LogP contribution in [0.2, 0.25) is 0 Å². The summed E-state index contributed by atoms with van der Waals surface area (Å²) in [6, 6.07) is 43.0. The Balaban J connectivity index is 0.000000237. The average Bonchev–Trinajstić information content (AvgIpc) is 3.66. The Labute approximate surface area is 248 Å². The second kappa shape index (κ2) is 17.3. The molecule has 0 aromatic heterocycles. The van der Waals surface area contributed by atoms with Crippen molar-refractivity contribution in [2.45, 2.75) is 0 Å². The summed E-state index contributed by atoms with van der Waals surface area (Å²) >= 11 is 0. The van der Waals surface area contributed by atoms with Crippen molar-refractivity contribution < 1.29 is 37.8 Å². The summed E-state index contributed by atoms with van der Waals surface area (Å²) in [5.41, 5.74) is 4.99. The first-order valence-electron chi connectivity index (χ1n) is 12.5. The summed E-state index contributed by atoms with van der Waals surface area (Å²) in [5, 5.41) is 0. The van der Waals surface area contributed by atoms with E-state index in [0.717, 1.165) is 38.5 Å². The third kappa shape index (κ3) is 9.92. The molecule has 6 rings (SSSR count). The molecule has 2 aliphatic rings. The maximum absolute atomic E-state index is 9.67. The Kier molecular flexibility index (Phi) is 14.1. The molecule has 0 N–H and O–H groups in total. The zero-order valence-electron chi connectivity index (χ0n) is 21.8. The van der Waals surface area contributed by atoms with Crippen molar-refractivity contribution in [3.8, 4) is 0 Å². The summed E-state index contributed by atoms with van der Waals surface area (Å²) in [6.07, 6.45) is 0. The SMILES string of the molecule is FB(F)F.[F-].[Ir].[c-]1ccccc1N1[CH-]N(c2ccccc2)CC1.c1ccc(N2CCN(c3ccccc3)C2)cc1. The predicted octanol–water partition coefficient (Wildman–Crippen LogP) is 3.78. The molecule has 213 valence electrons. The fourth-order valence-corrected chi connectivity index (χ4v) is 4.35. The van der Waals surface area contributed by atoms with E-state index in [-0.39, 0.29) is 24.8 Å². The molecule has 2 aliphatic heterocycles. The van der Waals surface area contributed by atoms with Gasteiger partial charge in [-0.2, -0.15) is 37.0 Å². The number of anilines is 4. The van der Waals surface area contributed by atoms with Crippen LogP contribution in [0, 0.1) is 12.7 Å². The monoisotopic (exact) mass is 726 g/mol. The molecule has 40 heavy (non-hydrogen) atoms. The van der Waals surface area contributed by atoms with Crippen LogP contribution in [0.25, 0.3) is 0 Å². The zero-order valence-corrected chi connectivity index (χ0v) is 24.2. The van der Waals surface area contributed by atoms with Gasteiger partial charge in [0.25, 0.3) is 0 Å². The van der Waals surface area contributed by atoms with Gasteiger partial charge in [-0.05, 0) is 36.4 Å². The average molecular weight is 726 g/mol. The summed E-state index contributed by atoms with van der Waals surface area (Å²) in [7, 11) is -3.67. The van der Waals surface area contributed by atoms with Gasteiger partial charge in [0.05, 0.1) is 6.67 Å². The van der Waals surface area contributed by atoms with Gasteiger partial charge in [0.1, 0.15) is 0 Å². The predicted molar refractivity (Wildman–Crippen MR) is 152 cm³/mol. The van der Waals surface area contributed by atoms with Crippen molar-refractivity contribution in [3.05, 3.63) is 128 Å². The summed E-state index contributed by atoms with van der Waals surface area (Å²) < 4.78 is 29.0. The van der Waals surface area contributed by atoms with Crippen LogP contribution in [0.1, 0.15) is 0 Å². The topological polar surface area (TPSA) is 13.0 Å². The van der Waals surface area contributed by atoms with Crippen molar-refractivity contribution in [2.75, 3.05) is 52.4 Å². The molecular formula is C30H30BF4IrN4-3. The van der Waals surface area contributed by atoms with Gasteiger partial charge in [0.2, 0.25) is 0 Å². The number of hydrogen-bond donors (Lipinski definition) is 0. The Morgan fingerprint density at radius 1 is 0.575 bits per heavy atom. The van der Waals surface area contributed by atoms with Crippen molar-refractivity contribution in [3.63, 3.8) is 0 Å². The first-order valence-corrected chi connectivity index (χ1v) is 12.5. The van der Waals surface area contributed by atoms with E-state index in [2.05, 4.69) is 123 Å². The van der Waals surface area contributed by atoms with Crippen LogP contribution in [0.3, 0.4) is 0 Å². The first-order chi connectivity index (χ1) is 18.6. The standard InChI is InChI=1S/C15H16N2.C15H14N2.BF3.FH.Ir/c2*1-3-7-14(8-4-1)16-11-12-17(13-16)15-9-5-2-6-10-15;2-1(3)4;;/h1-10H,11-13H2;1-9,13H,11-12H2;;1H;/q;-2;;;/p-1. The van der Waals surface area contributed by atoms with Crippen LogP contribution in [0.15, 0.2) is 115 Å². The van der Waals surface area contributed by atoms with Crippen LogP contribution < -0.4 is 24.3 Å². The van der Waals surface area contributed by atoms with Crippen molar-refractivity contribution >= 4 is 30.3 Å². The third-order valence-electron chi connectivity index (χ3n) is 6.17. The fraction of sp³-hybridized carbons (Fsp3) is 0.167. The van der Waals surface area contributed by atoms with E-state index < -0.39 is 7.54 Å². The van der Waals surface area contributed by atoms with E-state index in [4.69, 9.17) is 0 Å². The molecule has 10 heteroatoms. The van der Waals surface area contributed by atoms with E-state index in [1.54, 1.807) is 0 Å². The van der Waals surface area contributed by atoms with Crippen LogP contribution in [-0.4, -0.2) is 40.4 Å². The van der Waals surface area contributed by atoms with E-state index >= 15 is 0 Å². The van der Waals surface area contributed by atoms with Gasteiger partial charge in [-0.1, -0.05) is 54.6 Å². The molecule has 0 saturated carbocycles. The van der Waals surface area contributed by atoms with E-state index in [0.29, 0.717) is 0 Å². The zero-order chi connectivity index (χ0) is 26.6. The fourth-order valence-electron chi connectivity index (χ4n) is 4.35. The molecule has 4 nitrogen and oxygen atoms in total. The molecule has 2 saturated heterocycles. The molecule has 4 aromatic carbocycles. The van der Waals surface area contributed by atoms with E-state index in [1.807, 2.05) is 24.3 Å². The smallest absolute Gasteiger partial charge is 0.762 e. The molecule has 0 aliphatic carbocycles. The van der Waals surface area contributed by atoms with Gasteiger partial charge in [-0.3, -0.25) is 12.9 Å². The molecule has 2 heterocycles. The molecule has 0 bridgehead atoms. The van der Waals surface area contributed by atoms with Crippen molar-refractivity contribution in [1.29, 1.82) is 0 Å². The minimum Gasteiger partial charge on any atom is -1.00 e. The minimum absolute atomic E-state index is 0. The Morgan fingerprint density at radius 2 is 1.00 bits per heavy atom. The van der Waals surface area contributed by atoms with Gasteiger partial charge in [-0.15, -0.1) is 5.69 Å². The third-order valence-corrected chi connectivity index (χ3v) is 6.17. The van der Waals surface area contributed by atoms with Gasteiger partial charge in [0, 0.05) is 63.3 Å². The van der Waals surface area contributed by atoms with Gasteiger partial charge >= 0.3 is 7.54 Å². The van der Waals surface area contributed by atoms with E-state index in [1.165, 1.54) is 17.1 Å². The van der Waals surface area contributed by atoms with Gasteiger partial charge in [-0.25, -0.2) is 0 Å². The molecule has 4 aromatic rings.